The lowest BCUT2D eigenvalue weighted by atomic mass is 10.1. The zero-order valence-corrected chi connectivity index (χ0v) is 15.3. The number of fused-ring (bicyclic) bond motifs is 1. The second-order valence-corrected chi connectivity index (χ2v) is 7.52. The van der Waals surface area contributed by atoms with E-state index >= 15 is 0 Å². The number of rotatable bonds is 5. The van der Waals surface area contributed by atoms with Gasteiger partial charge < -0.3 is 0 Å². The number of hydrogen-bond acceptors (Lipinski definition) is 7. The van der Waals surface area contributed by atoms with Crippen LogP contribution in [0.2, 0.25) is 0 Å². The highest BCUT2D eigenvalue weighted by atomic mass is 32.1. The van der Waals surface area contributed by atoms with Crippen LogP contribution in [-0.2, 0) is 6.54 Å². The number of nitro benzene ring substituents is 1. The van der Waals surface area contributed by atoms with Crippen LogP contribution in [0.5, 0.6) is 0 Å². The molecule has 0 aliphatic heterocycles. The van der Waals surface area contributed by atoms with Crippen LogP contribution < -0.4 is 5.56 Å². The van der Waals surface area contributed by atoms with E-state index in [0.29, 0.717) is 26.2 Å². The van der Waals surface area contributed by atoms with E-state index in [1.54, 1.807) is 29.6 Å². The molecule has 0 unspecified atom stereocenters. The molecule has 27 heavy (non-hydrogen) atoms. The molecule has 0 radical (unpaired) electrons. The van der Waals surface area contributed by atoms with Crippen LogP contribution >= 0.6 is 22.7 Å². The number of nitro groups is 1. The van der Waals surface area contributed by atoms with Crippen molar-refractivity contribution in [2.24, 2.45) is 0 Å². The maximum absolute atomic E-state index is 12.9. The number of Topliss-reactive ketones (excluding diaryl/α,β-unsaturated/α-hetero) is 1. The number of hydrogen-bond donors (Lipinski definition) is 0. The molecule has 0 fully saturated rings. The first-order valence-electron chi connectivity index (χ1n) is 7.83. The molecule has 0 aliphatic rings. The van der Waals surface area contributed by atoms with Gasteiger partial charge in [-0.05, 0) is 29.1 Å². The number of nitrogens with zero attached hydrogens (tertiary/aromatic N) is 3. The lowest BCUT2D eigenvalue weighted by Gasteiger charge is -2.05. The lowest BCUT2D eigenvalue weighted by molar-refractivity contribution is -0.384. The van der Waals surface area contributed by atoms with Crippen molar-refractivity contribution in [2.45, 2.75) is 6.54 Å². The molecular weight excluding hydrogens is 386 g/mol. The van der Waals surface area contributed by atoms with E-state index in [9.17, 15) is 19.7 Å². The van der Waals surface area contributed by atoms with E-state index in [1.807, 2.05) is 5.38 Å². The van der Waals surface area contributed by atoms with Crippen molar-refractivity contribution in [3.05, 3.63) is 78.8 Å². The van der Waals surface area contributed by atoms with E-state index < -0.39 is 4.92 Å². The molecule has 0 amide bonds. The second-order valence-electron chi connectivity index (χ2n) is 5.71. The molecule has 0 saturated heterocycles. The molecule has 1 aromatic carbocycles. The van der Waals surface area contributed by atoms with Crippen LogP contribution in [0, 0.1) is 10.1 Å². The Labute approximate surface area is 160 Å². The predicted octanol–water partition coefficient (Wildman–Crippen LogP) is 3.98. The third-order valence-electron chi connectivity index (χ3n) is 4.06. The summed E-state index contributed by atoms with van der Waals surface area (Å²) in [6, 6.07) is 9.51. The van der Waals surface area contributed by atoms with Gasteiger partial charge in [-0.3, -0.25) is 24.3 Å². The smallest absolute Gasteiger partial charge is 0.269 e. The summed E-state index contributed by atoms with van der Waals surface area (Å²) in [6.45, 7) is -0.0855. The first-order chi connectivity index (χ1) is 13.0. The molecule has 3 heterocycles. The molecule has 0 atom stereocenters. The molecule has 3 aromatic heterocycles. The van der Waals surface area contributed by atoms with Gasteiger partial charge in [0.15, 0.2) is 5.78 Å². The van der Waals surface area contributed by atoms with Crippen LogP contribution in [-0.4, -0.2) is 20.3 Å². The number of thiophene rings is 2. The number of carbonyl (C=O) groups excluding carboxylic acids is 1. The predicted molar refractivity (Wildman–Crippen MR) is 105 cm³/mol. The van der Waals surface area contributed by atoms with E-state index in [2.05, 4.69) is 4.98 Å². The van der Waals surface area contributed by atoms with E-state index in [1.165, 1.54) is 45.7 Å². The zero-order valence-electron chi connectivity index (χ0n) is 13.7. The van der Waals surface area contributed by atoms with Gasteiger partial charge in [0.25, 0.3) is 11.2 Å². The maximum atomic E-state index is 12.9. The highest BCUT2D eigenvalue weighted by molar-refractivity contribution is 7.17. The van der Waals surface area contributed by atoms with Gasteiger partial charge in [0.05, 0.1) is 28.1 Å². The second kappa shape index (κ2) is 6.86. The molecule has 7 nitrogen and oxygen atoms in total. The number of aromatic nitrogens is 2. The molecule has 0 aliphatic carbocycles. The Morgan fingerprint density at radius 3 is 2.63 bits per heavy atom. The Balaban J connectivity index is 1.76. The van der Waals surface area contributed by atoms with Crippen molar-refractivity contribution in [3.8, 4) is 11.1 Å². The van der Waals surface area contributed by atoms with Crippen LogP contribution in [0.15, 0.2) is 58.3 Å². The summed E-state index contributed by atoms with van der Waals surface area (Å²) in [5.41, 5.74) is 1.02. The third kappa shape index (κ3) is 3.18. The molecule has 0 saturated carbocycles. The summed E-state index contributed by atoms with van der Waals surface area (Å²) < 4.78 is 1.30. The largest absolute Gasteiger partial charge is 0.291 e. The molecule has 4 aromatic rings. The maximum Gasteiger partial charge on any atom is 0.269 e. The quantitative estimate of drug-likeness (QED) is 0.288. The van der Waals surface area contributed by atoms with Crippen LogP contribution in [0.3, 0.4) is 0 Å². The highest BCUT2D eigenvalue weighted by Gasteiger charge is 2.16. The van der Waals surface area contributed by atoms with E-state index in [-0.39, 0.29) is 23.6 Å². The molecule has 4 rings (SSSR count). The van der Waals surface area contributed by atoms with E-state index in [4.69, 9.17) is 0 Å². The Hall–Kier alpha value is -3.17. The number of carbonyl (C=O) groups is 1. The van der Waals surface area contributed by atoms with Gasteiger partial charge in [0, 0.05) is 23.1 Å². The van der Waals surface area contributed by atoms with Gasteiger partial charge in [-0.25, -0.2) is 4.98 Å². The number of non-ortho nitro benzene ring substituents is 1. The van der Waals surface area contributed by atoms with E-state index in [0.717, 1.165) is 0 Å². The van der Waals surface area contributed by atoms with Crippen molar-refractivity contribution < 1.29 is 9.72 Å². The van der Waals surface area contributed by atoms with Crippen molar-refractivity contribution in [3.63, 3.8) is 0 Å². The number of benzene rings is 1. The first-order valence-corrected chi connectivity index (χ1v) is 9.58. The third-order valence-corrected chi connectivity index (χ3v) is 5.86. The molecule has 0 spiro atoms. The first kappa shape index (κ1) is 17.3. The minimum Gasteiger partial charge on any atom is -0.291 e. The van der Waals surface area contributed by atoms with Crippen molar-refractivity contribution in [1.82, 2.24) is 9.55 Å². The van der Waals surface area contributed by atoms with Crippen LogP contribution in [0.25, 0.3) is 21.3 Å². The van der Waals surface area contributed by atoms with Gasteiger partial charge >= 0.3 is 0 Å². The van der Waals surface area contributed by atoms with Crippen molar-refractivity contribution in [2.75, 3.05) is 0 Å². The Kier molecular flexibility index (Phi) is 4.38. The SMILES string of the molecule is O=C(Cn1cnc2scc(-c3ccc([N+](=O)[O-])cc3)c2c1=O)c1cccs1. The fourth-order valence-electron chi connectivity index (χ4n) is 2.73. The molecule has 9 heteroatoms. The minimum atomic E-state index is -0.472. The normalized spacial score (nSPS) is 11.0. The van der Waals surface area contributed by atoms with Gasteiger partial charge in [-0.2, -0.15) is 0 Å². The Bertz CT molecular complexity index is 1210. The monoisotopic (exact) mass is 397 g/mol. The highest BCUT2D eigenvalue weighted by Crippen LogP contribution is 2.31. The fourth-order valence-corrected chi connectivity index (χ4v) is 4.29. The van der Waals surface area contributed by atoms with Crippen LogP contribution in [0.1, 0.15) is 9.67 Å². The topological polar surface area (TPSA) is 95.1 Å². The zero-order chi connectivity index (χ0) is 19.0. The average molecular weight is 397 g/mol. The number of ketones is 1. The summed E-state index contributed by atoms with van der Waals surface area (Å²) in [7, 11) is 0. The van der Waals surface area contributed by atoms with Crippen molar-refractivity contribution in [1.29, 1.82) is 0 Å². The molecule has 134 valence electrons. The van der Waals surface area contributed by atoms with Crippen molar-refractivity contribution >= 4 is 44.4 Å². The average Bonchev–Trinajstić information content (AvgIpc) is 3.34. The summed E-state index contributed by atoms with van der Waals surface area (Å²) in [6.07, 6.45) is 1.38. The van der Waals surface area contributed by atoms with Crippen LogP contribution in [0.4, 0.5) is 5.69 Å². The van der Waals surface area contributed by atoms with Gasteiger partial charge in [-0.15, -0.1) is 22.7 Å². The summed E-state index contributed by atoms with van der Waals surface area (Å²) in [5.74, 6) is -0.152. The standard InChI is InChI=1S/C18H11N3O4S2/c22-14(15-2-1-7-26-15)8-20-10-19-17-16(18(20)23)13(9-27-17)11-3-5-12(6-4-11)21(24)25/h1-7,9-10H,8H2. The minimum absolute atomic E-state index is 0.0182. The lowest BCUT2D eigenvalue weighted by Crippen LogP contribution is -2.24. The molecule has 0 bridgehead atoms. The van der Waals surface area contributed by atoms with Gasteiger partial charge in [-0.1, -0.05) is 6.07 Å². The van der Waals surface area contributed by atoms with Gasteiger partial charge in [0.2, 0.25) is 0 Å². The summed E-state index contributed by atoms with van der Waals surface area (Å²) in [5, 5.41) is 14.8. The summed E-state index contributed by atoms with van der Waals surface area (Å²) in [4.78, 5) is 41.0. The molecule has 0 N–H and O–H groups in total. The fraction of sp³-hybridized carbons (Fsp3) is 0.0556. The van der Waals surface area contributed by atoms with Gasteiger partial charge in [0.1, 0.15) is 4.83 Å². The Morgan fingerprint density at radius 1 is 1.19 bits per heavy atom. The summed E-state index contributed by atoms with van der Waals surface area (Å²) >= 11 is 2.64. The molecular formula is C18H11N3O4S2. The Morgan fingerprint density at radius 2 is 1.96 bits per heavy atom.